The summed E-state index contributed by atoms with van der Waals surface area (Å²) >= 11 is 0. The fraction of sp³-hybridized carbons (Fsp3) is 1.00. The zero-order valence-corrected chi connectivity index (χ0v) is 30.3. The molecule has 0 N–H and O–H groups in total. The van der Waals surface area contributed by atoms with Crippen molar-refractivity contribution in [2.45, 2.75) is 149 Å². The highest BCUT2D eigenvalue weighted by atomic mass is 33.1. The molecule has 0 aromatic carbocycles. The van der Waals surface area contributed by atoms with Crippen LogP contribution in [0.15, 0.2) is 0 Å². The summed E-state index contributed by atoms with van der Waals surface area (Å²) in [6.45, 7) is 9.58. The van der Waals surface area contributed by atoms with Crippen molar-refractivity contribution in [1.82, 2.24) is 9.80 Å². The number of nitrogens with zero attached hydrogens (tertiary/aromatic N) is 2. The molecule has 0 aromatic heterocycles. The van der Waals surface area contributed by atoms with Crippen molar-refractivity contribution in [2.24, 2.45) is 0 Å². The first-order valence-corrected chi connectivity index (χ1v) is 22.0. The van der Waals surface area contributed by atoms with Gasteiger partial charge >= 0.3 is 0 Å². The number of rotatable bonds is 34. The van der Waals surface area contributed by atoms with E-state index in [2.05, 4.69) is 80.9 Å². The number of unbranched alkanes of at least 4 members (excludes halogenated alkanes) is 18. The van der Waals surface area contributed by atoms with Crippen molar-refractivity contribution < 1.29 is 0 Å². The van der Waals surface area contributed by atoms with E-state index in [1.165, 1.54) is 184 Å². The van der Waals surface area contributed by atoms with E-state index in [0.717, 1.165) is 0 Å². The topological polar surface area (TPSA) is 6.48 Å². The van der Waals surface area contributed by atoms with Crippen LogP contribution in [0.5, 0.6) is 0 Å². The molecule has 0 aliphatic carbocycles. The Morgan fingerprint density at radius 3 is 1.03 bits per heavy atom. The van der Waals surface area contributed by atoms with E-state index in [0.29, 0.717) is 0 Å². The Balaban J connectivity index is 3.64. The van der Waals surface area contributed by atoms with Crippen LogP contribution in [0.2, 0.25) is 0 Å². The first-order valence-electron chi connectivity index (χ1n) is 17.1. The van der Waals surface area contributed by atoms with E-state index in [4.69, 9.17) is 0 Å². The summed E-state index contributed by atoms with van der Waals surface area (Å²) in [6, 6.07) is 0. The molecule has 0 fully saturated rings. The second-order valence-corrected chi connectivity index (χ2v) is 17.1. The number of hydrogen-bond donors (Lipinski definition) is 0. The van der Waals surface area contributed by atoms with Gasteiger partial charge in [-0.3, -0.25) is 0 Å². The number of hydrogen-bond acceptors (Lipinski definition) is 6. The third-order valence-electron chi connectivity index (χ3n) is 7.39. The van der Waals surface area contributed by atoms with Crippen molar-refractivity contribution in [3.8, 4) is 0 Å². The highest BCUT2D eigenvalue weighted by Gasteiger charge is 2.06. The van der Waals surface area contributed by atoms with Crippen LogP contribution in [-0.4, -0.2) is 73.1 Å². The molecule has 0 amide bonds. The minimum Gasteiger partial charge on any atom is -0.309 e. The molecule has 2 nitrogen and oxygen atoms in total. The van der Waals surface area contributed by atoms with Crippen LogP contribution >= 0.6 is 43.2 Å². The molecule has 236 valence electrons. The van der Waals surface area contributed by atoms with Gasteiger partial charge in [-0.1, -0.05) is 173 Å². The lowest BCUT2D eigenvalue weighted by atomic mass is 10.1. The van der Waals surface area contributed by atoms with Crippen molar-refractivity contribution >= 4 is 43.2 Å². The predicted octanol–water partition coefficient (Wildman–Crippen LogP) is 11.8. The standard InChI is InChI=1S/C33H70N2S4/c1-5-7-9-11-13-15-17-19-21-23-30-36-38-32-28-35(27-25-26-34(3)4)29-33-39-37-31-24-22-20-18-16-14-12-10-8-6-2/h5-33H2,1-4H3. The maximum Gasteiger partial charge on any atom is 0.0165 e. The van der Waals surface area contributed by atoms with Gasteiger partial charge in [0.05, 0.1) is 0 Å². The largest absolute Gasteiger partial charge is 0.309 e. The molecule has 0 spiro atoms. The quantitative estimate of drug-likeness (QED) is 0.0516. The van der Waals surface area contributed by atoms with E-state index >= 15 is 0 Å². The van der Waals surface area contributed by atoms with Crippen LogP contribution < -0.4 is 0 Å². The van der Waals surface area contributed by atoms with Crippen LogP contribution in [0, 0.1) is 0 Å². The lowest BCUT2D eigenvalue weighted by molar-refractivity contribution is 0.282. The Hall–Kier alpha value is 1.32. The first-order chi connectivity index (χ1) is 19.2. The summed E-state index contributed by atoms with van der Waals surface area (Å²) < 4.78 is 0. The van der Waals surface area contributed by atoms with Gasteiger partial charge in [0.15, 0.2) is 0 Å². The minimum atomic E-state index is 1.21. The second kappa shape index (κ2) is 35.5. The van der Waals surface area contributed by atoms with Gasteiger partial charge in [-0.05, 0) is 46.4 Å². The van der Waals surface area contributed by atoms with E-state index in [1.54, 1.807) is 0 Å². The smallest absolute Gasteiger partial charge is 0.0165 e. The molecule has 0 saturated heterocycles. The summed E-state index contributed by atoms with van der Waals surface area (Å²) in [5.41, 5.74) is 0. The third kappa shape index (κ3) is 35.4. The van der Waals surface area contributed by atoms with Gasteiger partial charge in [0.25, 0.3) is 0 Å². The normalized spacial score (nSPS) is 11.8. The zero-order chi connectivity index (χ0) is 28.5. The van der Waals surface area contributed by atoms with E-state index in [9.17, 15) is 0 Å². The summed E-state index contributed by atoms with van der Waals surface area (Å²) in [5, 5.41) is 0. The predicted molar refractivity (Wildman–Crippen MR) is 193 cm³/mol. The maximum absolute atomic E-state index is 2.73. The first kappa shape index (κ1) is 40.3. The lowest BCUT2D eigenvalue weighted by Crippen LogP contribution is -2.31. The molecule has 0 radical (unpaired) electrons. The minimum absolute atomic E-state index is 1.21. The highest BCUT2D eigenvalue weighted by molar-refractivity contribution is 8.77. The molecule has 0 aliphatic rings. The van der Waals surface area contributed by atoms with Gasteiger partial charge in [-0.2, -0.15) is 0 Å². The molecular weight excluding hydrogens is 553 g/mol. The summed E-state index contributed by atoms with van der Waals surface area (Å²) in [6.07, 6.45) is 30.1. The van der Waals surface area contributed by atoms with Gasteiger partial charge in [0.1, 0.15) is 0 Å². The van der Waals surface area contributed by atoms with Crippen LogP contribution in [-0.2, 0) is 0 Å². The highest BCUT2D eigenvalue weighted by Crippen LogP contribution is 2.25. The van der Waals surface area contributed by atoms with E-state index < -0.39 is 0 Å². The van der Waals surface area contributed by atoms with Gasteiger partial charge < -0.3 is 9.80 Å². The average molecular weight is 623 g/mol. The van der Waals surface area contributed by atoms with Gasteiger partial charge in [0, 0.05) is 36.1 Å². The molecule has 0 heterocycles. The Labute approximate surface area is 263 Å². The second-order valence-electron chi connectivity index (χ2n) is 11.7. The van der Waals surface area contributed by atoms with Crippen molar-refractivity contribution in [3.05, 3.63) is 0 Å². The lowest BCUT2D eigenvalue weighted by Gasteiger charge is -2.22. The van der Waals surface area contributed by atoms with Crippen molar-refractivity contribution in [1.29, 1.82) is 0 Å². The average Bonchev–Trinajstić information content (AvgIpc) is 2.92. The van der Waals surface area contributed by atoms with Crippen molar-refractivity contribution in [2.75, 3.05) is 63.3 Å². The molecule has 6 heteroatoms. The summed E-state index contributed by atoms with van der Waals surface area (Å²) in [5.74, 6) is 5.24. The molecule has 0 unspecified atom stereocenters. The maximum atomic E-state index is 2.73. The molecule has 0 saturated carbocycles. The fourth-order valence-electron chi connectivity index (χ4n) is 4.81. The molecular formula is C33H70N2S4. The SMILES string of the molecule is CCCCCCCCCCCCSSCCN(CCCN(C)C)CCSSCCCCCCCCCCCC. The van der Waals surface area contributed by atoms with Crippen LogP contribution in [0.25, 0.3) is 0 Å². The zero-order valence-electron chi connectivity index (χ0n) is 27.0. The Morgan fingerprint density at radius 2 is 0.667 bits per heavy atom. The van der Waals surface area contributed by atoms with Crippen LogP contribution in [0.3, 0.4) is 0 Å². The van der Waals surface area contributed by atoms with Gasteiger partial charge in [-0.15, -0.1) is 0 Å². The molecule has 0 atom stereocenters. The van der Waals surface area contributed by atoms with Gasteiger partial charge in [0.2, 0.25) is 0 Å². The molecule has 0 bridgehead atoms. The van der Waals surface area contributed by atoms with Gasteiger partial charge in [-0.25, -0.2) is 0 Å². The summed E-state index contributed by atoms with van der Waals surface area (Å²) in [4.78, 5) is 5.05. The summed E-state index contributed by atoms with van der Waals surface area (Å²) in [7, 11) is 12.9. The Bertz CT molecular complexity index is 408. The molecule has 0 aliphatic heterocycles. The van der Waals surface area contributed by atoms with Crippen LogP contribution in [0.1, 0.15) is 149 Å². The molecule has 39 heavy (non-hydrogen) atoms. The van der Waals surface area contributed by atoms with Crippen molar-refractivity contribution in [3.63, 3.8) is 0 Å². The molecule has 0 aromatic rings. The monoisotopic (exact) mass is 622 g/mol. The third-order valence-corrected chi connectivity index (χ3v) is 12.3. The van der Waals surface area contributed by atoms with E-state index in [1.807, 2.05) is 0 Å². The fourth-order valence-corrected chi connectivity index (χ4v) is 9.16. The molecule has 0 rings (SSSR count). The Morgan fingerprint density at radius 1 is 0.333 bits per heavy atom. The van der Waals surface area contributed by atoms with Crippen LogP contribution in [0.4, 0.5) is 0 Å². The van der Waals surface area contributed by atoms with E-state index in [-0.39, 0.29) is 0 Å². The Kier molecular flexibility index (Phi) is 36.7.